The van der Waals surface area contributed by atoms with Crippen LogP contribution in [-0.4, -0.2) is 62.8 Å². The van der Waals surface area contributed by atoms with Gasteiger partial charge in [-0.15, -0.1) is 0 Å². The highest BCUT2D eigenvalue weighted by molar-refractivity contribution is 7.22. The Bertz CT molecular complexity index is 997. The van der Waals surface area contributed by atoms with Crippen LogP contribution in [0.4, 0.5) is 9.52 Å². The van der Waals surface area contributed by atoms with Gasteiger partial charge < -0.3 is 19.1 Å². The standard InChI is InChI=1S/C23H28FN3O4S/c1-5-26(6-2)13-14-27(20(28)15-31-17-9-7-16(24)8-10-17)23-25-21-18(29-3)11-12-19(30-4)22(21)32-23/h7-12H,5-6,13-15H2,1-4H3. The Morgan fingerprint density at radius 3 is 2.28 bits per heavy atom. The number of thiazole rings is 1. The van der Waals surface area contributed by atoms with Gasteiger partial charge in [0.1, 0.15) is 33.3 Å². The first-order chi connectivity index (χ1) is 15.5. The molecule has 1 aromatic heterocycles. The molecule has 0 aliphatic heterocycles. The van der Waals surface area contributed by atoms with E-state index >= 15 is 0 Å². The minimum atomic E-state index is -0.359. The third kappa shape index (κ3) is 5.46. The second kappa shape index (κ2) is 11.1. The summed E-state index contributed by atoms with van der Waals surface area (Å²) in [5.41, 5.74) is 0.645. The van der Waals surface area contributed by atoms with Crippen molar-refractivity contribution < 1.29 is 23.4 Å². The van der Waals surface area contributed by atoms with E-state index in [2.05, 4.69) is 18.7 Å². The Morgan fingerprint density at radius 1 is 1.00 bits per heavy atom. The fourth-order valence-electron chi connectivity index (χ4n) is 3.25. The summed E-state index contributed by atoms with van der Waals surface area (Å²) in [5.74, 6) is 1.11. The van der Waals surface area contributed by atoms with Gasteiger partial charge in [-0.1, -0.05) is 25.2 Å². The topological polar surface area (TPSA) is 64.1 Å². The van der Waals surface area contributed by atoms with Gasteiger partial charge in [-0.05, 0) is 49.5 Å². The van der Waals surface area contributed by atoms with Crippen LogP contribution in [0.3, 0.4) is 0 Å². The average Bonchev–Trinajstić information content (AvgIpc) is 3.26. The predicted octanol–water partition coefficient (Wildman–Crippen LogP) is 4.21. The normalized spacial score (nSPS) is 11.1. The van der Waals surface area contributed by atoms with Crippen molar-refractivity contribution in [2.45, 2.75) is 13.8 Å². The van der Waals surface area contributed by atoms with Crippen LogP contribution in [0.15, 0.2) is 36.4 Å². The quantitative estimate of drug-likeness (QED) is 0.426. The van der Waals surface area contributed by atoms with Gasteiger partial charge in [0, 0.05) is 13.1 Å². The predicted molar refractivity (Wildman–Crippen MR) is 125 cm³/mol. The van der Waals surface area contributed by atoms with E-state index in [-0.39, 0.29) is 18.3 Å². The lowest BCUT2D eigenvalue weighted by atomic mass is 10.3. The molecule has 3 rings (SSSR count). The largest absolute Gasteiger partial charge is 0.495 e. The number of carbonyl (C=O) groups excluding carboxylic acids is 1. The van der Waals surface area contributed by atoms with Crippen LogP contribution < -0.4 is 19.1 Å². The van der Waals surface area contributed by atoms with Crippen molar-refractivity contribution in [1.29, 1.82) is 0 Å². The van der Waals surface area contributed by atoms with Crippen LogP contribution in [0.5, 0.6) is 17.2 Å². The SMILES string of the molecule is CCN(CC)CCN(C(=O)COc1ccc(F)cc1)c1nc2c(OC)ccc(OC)c2s1. The summed E-state index contributed by atoms with van der Waals surface area (Å²) in [6.45, 7) is 6.89. The molecule has 172 valence electrons. The molecule has 1 amide bonds. The first kappa shape index (κ1) is 23.7. The molecule has 0 unspecified atom stereocenters. The number of benzene rings is 2. The number of methoxy groups -OCH3 is 2. The van der Waals surface area contributed by atoms with E-state index in [9.17, 15) is 9.18 Å². The Kier molecular flexibility index (Phi) is 8.24. The molecule has 0 bridgehead atoms. The van der Waals surface area contributed by atoms with E-state index in [0.29, 0.717) is 41.0 Å². The minimum absolute atomic E-state index is 0.186. The van der Waals surface area contributed by atoms with E-state index < -0.39 is 0 Å². The van der Waals surface area contributed by atoms with E-state index in [1.807, 2.05) is 6.07 Å². The van der Waals surface area contributed by atoms with Gasteiger partial charge in [0.05, 0.1) is 14.2 Å². The maximum absolute atomic E-state index is 13.2. The third-order valence-electron chi connectivity index (χ3n) is 5.14. The molecule has 3 aromatic rings. The van der Waals surface area contributed by atoms with Gasteiger partial charge >= 0.3 is 0 Å². The molecule has 2 aromatic carbocycles. The summed E-state index contributed by atoms with van der Waals surface area (Å²) in [6, 6.07) is 9.20. The number of hydrogen-bond donors (Lipinski definition) is 0. The van der Waals surface area contributed by atoms with Crippen molar-refractivity contribution in [2.75, 3.05) is 51.9 Å². The Labute approximate surface area is 191 Å². The number of carbonyl (C=O) groups is 1. The second-order valence-electron chi connectivity index (χ2n) is 6.96. The van der Waals surface area contributed by atoms with Crippen molar-refractivity contribution >= 4 is 32.6 Å². The summed E-state index contributed by atoms with van der Waals surface area (Å²) in [7, 11) is 3.18. The molecule has 0 aliphatic rings. The number of rotatable bonds is 11. The zero-order chi connectivity index (χ0) is 23.1. The van der Waals surface area contributed by atoms with Crippen molar-refractivity contribution in [3.05, 3.63) is 42.2 Å². The van der Waals surface area contributed by atoms with Crippen LogP contribution in [-0.2, 0) is 4.79 Å². The van der Waals surface area contributed by atoms with Gasteiger partial charge in [0.15, 0.2) is 11.7 Å². The first-order valence-corrected chi connectivity index (χ1v) is 11.2. The molecule has 1 heterocycles. The molecule has 0 atom stereocenters. The van der Waals surface area contributed by atoms with Crippen LogP contribution in [0.2, 0.25) is 0 Å². The van der Waals surface area contributed by atoms with Gasteiger partial charge in [-0.2, -0.15) is 0 Å². The summed E-state index contributed by atoms with van der Waals surface area (Å²) >= 11 is 1.37. The molecule has 0 saturated heterocycles. The summed E-state index contributed by atoms with van der Waals surface area (Å²) < 4.78 is 30.5. The summed E-state index contributed by atoms with van der Waals surface area (Å²) in [6.07, 6.45) is 0. The Morgan fingerprint density at radius 2 is 1.66 bits per heavy atom. The zero-order valence-electron chi connectivity index (χ0n) is 18.8. The lowest BCUT2D eigenvalue weighted by Gasteiger charge is -2.24. The first-order valence-electron chi connectivity index (χ1n) is 10.4. The highest BCUT2D eigenvalue weighted by Crippen LogP contribution is 2.40. The summed E-state index contributed by atoms with van der Waals surface area (Å²) in [5, 5.41) is 0.544. The molecule has 0 fully saturated rings. The van der Waals surface area contributed by atoms with Gasteiger partial charge in [-0.3, -0.25) is 9.69 Å². The lowest BCUT2D eigenvalue weighted by molar-refractivity contribution is -0.120. The zero-order valence-corrected chi connectivity index (χ0v) is 19.6. The third-order valence-corrected chi connectivity index (χ3v) is 6.23. The highest BCUT2D eigenvalue weighted by atomic mass is 32.1. The number of ether oxygens (including phenoxy) is 3. The molecule has 9 heteroatoms. The lowest BCUT2D eigenvalue weighted by Crippen LogP contribution is -2.41. The maximum atomic E-state index is 13.2. The molecular weight excluding hydrogens is 433 g/mol. The number of nitrogens with zero attached hydrogens (tertiary/aromatic N) is 3. The number of likely N-dealkylation sites (N-methyl/N-ethyl adjacent to an activating group) is 1. The minimum Gasteiger partial charge on any atom is -0.495 e. The van der Waals surface area contributed by atoms with Crippen LogP contribution in [0, 0.1) is 5.82 Å². The van der Waals surface area contributed by atoms with E-state index in [4.69, 9.17) is 19.2 Å². The highest BCUT2D eigenvalue weighted by Gasteiger charge is 2.23. The van der Waals surface area contributed by atoms with Crippen molar-refractivity contribution in [2.24, 2.45) is 0 Å². The molecule has 0 saturated carbocycles. The second-order valence-corrected chi connectivity index (χ2v) is 7.94. The smallest absolute Gasteiger partial charge is 0.266 e. The molecule has 7 nitrogen and oxygen atoms in total. The maximum Gasteiger partial charge on any atom is 0.266 e. The van der Waals surface area contributed by atoms with Crippen molar-refractivity contribution in [3.63, 3.8) is 0 Å². The molecule has 0 spiro atoms. The van der Waals surface area contributed by atoms with Crippen LogP contribution >= 0.6 is 11.3 Å². The monoisotopic (exact) mass is 461 g/mol. The van der Waals surface area contributed by atoms with Gasteiger partial charge in [0.2, 0.25) is 0 Å². The number of hydrogen-bond acceptors (Lipinski definition) is 7. The molecule has 0 N–H and O–H groups in total. The van der Waals surface area contributed by atoms with Gasteiger partial charge in [-0.25, -0.2) is 9.37 Å². The van der Waals surface area contributed by atoms with Crippen LogP contribution in [0.25, 0.3) is 10.2 Å². The van der Waals surface area contributed by atoms with E-state index in [1.54, 1.807) is 25.2 Å². The molecular formula is C23H28FN3O4S. The number of fused-ring (bicyclic) bond motifs is 1. The average molecular weight is 462 g/mol. The van der Waals surface area contributed by atoms with Crippen molar-refractivity contribution in [1.82, 2.24) is 9.88 Å². The molecule has 0 radical (unpaired) electrons. The number of aromatic nitrogens is 1. The fraction of sp³-hybridized carbons (Fsp3) is 0.391. The van der Waals surface area contributed by atoms with E-state index in [1.165, 1.54) is 35.6 Å². The van der Waals surface area contributed by atoms with Gasteiger partial charge in [0.25, 0.3) is 5.91 Å². The van der Waals surface area contributed by atoms with Crippen molar-refractivity contribution in [3.8, 4) is 17.2 Å². The Balaban J connectivity index is 1.89. The number of halogens is 1. The number of anilines is 1. The molecule has 0 aliphatic carbocycles. The summed E-state index contributed by atoms with van der Waals surface area (Å²) in [4.78, 5) is 21.7. The molecule has 32 heavy (non-hydrogen) atoms. The Hall–Kier alpha value is -2.91. The van der Waals surface area contributed by atoms with Crippen LogP contribution in [0.1, 0.15) is 13.8 Å². The van der Waals surface area contributed by atoms with E-state index in [0.717, 1.165) is 17.8 Å². The fourth-order valence-corrected chi connectivity index (χ4v) is 4.37. The number of amides is 1.